The average Bonchev–Trinajstić information content (AvgIpc) is 2.77. The first-order valence-corrected chi connectivity index (χ1v) is 8.82. The number of aromatic nitrogens is 2. The maximum absolute atomic E-state index is 11.6. The summed E-state index contributed by atoms with van der Waals surface area (Å²) in [6.07, 6.45) is 4.08. The van der Waals surface area contributed by atoms with Crippen LogP contribution in [-0.4, -0.2) is 23.0 Å². The zero-order valence-electron chi connectivity index (χ0n) is 16.4. The number of benzene rings is 1. The summed E-state index contributed by atoms with van der Waals surface area (Å²) in [5.41, 5.74) is 6.40. The first-order chi connectivity index (χ1) is 12.1. The van der Waals surface area contributed by atoms with Gasteiger partial charge in [0, 0.05) is 18.0 Å². The quantitative estimate of drug-likeness (QED) is 0.760. The lowest BCUT2D eigenvalue weighted by molar-refractivity contribution is 0.0599. The Morgan fingerprint density at radius 2 is 1.62 bits per heavy atom. The molecule has 1 aliphatic rings. The number of ether oxygens (including phenoxy) is 1. The van der Waals surface area contributed by atoms with Gasteiger partial charge in [0.1, 0.15) is 0 Å². The van der Waals surface area contributed by atoms with E-state index in [1.807, 2.05) is 0 Å². The van der Waals surface area contributed by atoms with Crippen LogP contribution in [0.15, 0.2) is 31.1 Å². The summed E-state index contributed by atoms with van der Waals surface area (Å²) in [6, 6.07) is 4.53. The van der Waals surface area contributed by atoms with Crippen LogP contribution in [0.2, 0.25) is 0 Å². The third-order valence-electron chi connectivity index (χ3n) is 5.37. The van der Waals surface area contributed by atoms with Crippen molar-refractivity contribution in [2.45, 2.75) is 51.9 Å². The van der Waals surface area contributed by atoms with Crippen molar-refractivity contribution in [2.75, 3.05) is 7.11 Å². The van der Waals surface area contributed by atoms with Crippen molar-refractivity contribution in [3.05, 3.63) is 64.7 Å². The minimum absolute atomic E-state index is 0.122. The smallest absolute Gasteiger partial charge is 0.341 e. The third kappa shape index (κ3) is 2.94. The van der Waals surface area contributed by atoms with Gasteiger partial charge >= 0.3 is 5.97 Å². The first-order valence-electron chi connectivity index (χ1n) is 8.82. The molecule has 0 N–H and O–H groups in total. The summed E-state index contributed by atoms with van der Waals surface area (Å²) in [5.74, 6) is 0.0793. The summed E-state index contributed by atoms with van der Waals surface area (Å²) in [4.78, 5) is 20.2. The molecule has 136 valence electrons. The molecule has 1 aromatic heterocycles. The SMILES string of the molecule is C=C(c1ncc(C(=O)OC)cn1)c1cc2c(cc1C)C(C)(C)CC2(C)C. The van der Waals surface area contributed by atoms with Crippen molar-refractivity contribution in [1.82, 2.24) is 9.97 Å². The van der Waals surface area contributed by atoms with E-state index in [4.69, 9.17) is 4.74 Å². The number of fused-ring (bicyclic) bond motifs is 1. The second kappa shape index (κ2) is 6.04. The predicted octanol–water partition coefficient (Wildman–Crippen LogP) is 4.59. The van der Waals surface area contributed by atoms with Crippen molar-refractivity contribution >= 4 is 11.5 Å². The van der Waals surface area contributed by atoms with Crippen molar-refractivity contribution in [2.24, 2.45) is 0 Å². The van der Waals surface area contributed by atoms with E-state index in [0.29, 0.717) is 11.4 Å². The number of esters is 1. The zero-order valence-corrected chi connectivity index (χ0v) is 16.4. The highest BCUT2D eigenvalue weighted by atomic mass is 16.5. The summed E-state index contributed by atoms with van der Waals surface area (Å²) < 4.78 is 4.69. The van der Waals surface area contributed by atoms with Crippen LogP contribution in [0.5, 0.6) is 0 Å². The topological polar surface area (TPSA) is 52.1 Å². The molecule has 0 saturated heterocycles. The largest absolute Gasteiger partial charge is 0.465 e. The number of rotatable bonds is 3. The molecule has 4 nitrogen and oxygen atoms in total. The molecule has 2 aromatic rings. The molecule has 0 spiro atoms. The summed E-state index contributed by atoms with van der Waals surface area (Å²) in [5, 5.41) is 0. The highest BCUT2D eigenvalue weighted by molar-refractivity contribution is 5.88. The fraction of sp³-hybridized carbons (Fsp3) is 0.409. The molecule has 3 rings (SSSR count). The molecule has 26 heavy (non-hydrogen) atoms. The van der Waals surface area contributed by atoms with Crippen LogP contribution in [0.1, 0.15) is 72.6 Å². The Morgan fingerprint density at radius 1 is 1.08 bits per heavy atom. The van der Waals surface area contributed by atoms with Crippen LogP contribution in [0.4, 0.5) is 0 Å². The van der Waals surface area contributed by atoms with Crippen molar-refractivity contribution in [3.63, 3.8) is 0 Å². The fourth-order valence-electron chi connectivity index (χ4n) is 4.28. The van der Waals surface area contributed by atoms with E-state index in [0.717, 1.165) is 17.6 Å². The van der Waals surface area contributed by atoms with E-state index in [1.165, 1.54) is 36.2 Å². The Bertz CT molecular complexity index is 893. The molecule has 0 bridgehead atoms. The van der Waals surface area contributed by atoms with Crippen molar-refractivity contribution in [3.8, 4) is 0 Å². The lowest BCUT2D eigenvalue weighted by atomic mass is 9.82. The molecule has 1 heterocycles. The molecule has 0 atom stereocenters. The number of methoxy groups -OCH3 is 1. The van der Waals surface area contributed by atoms with Gasteiger partial charge in [0.2, 0.25) is 0 Å². The zero-order chi connectivity index (χ0) is 19.3. The molecule has 0 saturated carbocycles. The maximum atomic E-state index is 11.6. The Kier molecular flexibility index (Phi) is 4.26. The number of aryl methyl sites for hydroxylation is 1. The molecule has 0 fully saturated rings. The molecule has 0 radical (unpaired) electrons. The lowest BCUT2D eigenvalue weighted by Crippen LogP contribution is -2.18. The predicted molar refractivity (Wildman–Crippen MR) is 103 cm³/mol. The van der Waals surface area contributed by atoms with Crippen LogP contribution in [0.3, 0.4) is 0 Å². The maximum Gasteiger partial charge on any atom is 0.341 e. The second-order valence-corrected chi connectivity index (χ2v) is 8.42. The van der Waals surface area contributed by atoms with Crippen molar-refractivity contribution in [1.29, 1.82) is 0 Å². The van der Waals surface area contributed by atoms with Crippen molar-refractivity contribution < 1.29 is 9.53 Å². The summed E-state index contributed by atoms with van der Waals surface area (Å²) >= 11 is 0. The van der Waals surface area contributed by atoms with Gasteiger partial charge in [-0.3, -0.25) is 0 Å². The van der Waals surface area contributed by atoms with E-state index >= 15 is 0 Å². The van der Waals surface area contributed by atoms with Gasteiger partial charge in [-0.25, -0.2) is 14.8 Å². The molecular weight excluding hydrogens is 324 g/mol. The standard InChI is InChI=1S/C22H26N2O2/c1-13-8-17-18(22(5,6)12-21(17,3)4)9-16(13)14(2)19-23-10-15(11-24-19)20(25)26-7/h8-11H,2,12H2,1,3-7H3. The molecular formula is C22H26N2O2. The molecule has 0 aliphatic heterocycles. The fourth-order valence-corrected chi connectivity index (χ4v) is 4.28. The first kappa shape index (κ1) is 18.3. The third-order valence-corrected chi connectivity index (χ3v) is 5.37. The van der Waals surface area contributed by atoms with Gasteiger partial charge in [-0.1, -0.05) is 40.3 Å². The highest BCUT2D eigenvalue weighted by Crippen LogP contribution is 2.50. The monoisotopic (exact) mass is 350 g/mol. The molecule has 0 unspecified atom stereocenters. The minimum atomic E-state index is -0.445. The molecule has 0 amide bonds. The number of nitrogens with zero attached hydrogens (tertiary/aromatic N) is 2. The molecule has 4 heteroatoms. The van der Waals surface area contributed by atoms with E-state index in [-0.39, 0.29) is 10.8 Å². The van der Waals surface area contributed by atoms with Gasteiger partial charge in [-0.05, 0) is 52.5 Å². The van der Waals surface area contributed by atoms with E-state index < -0.39 is 5.97 Å². The van der Waals surface area contributed by atoms with Crippen LogP contribution >= 0.6 is 0 Å². The van der Waals surface area contributed by atoms with Crippen LogP contribution in [0, 0.1) is 6.92 Å². The lowest BCUT2D eigenvalue weighted by Gasteiger charge is -2.22. The van der Waals surface area contributed by atoms with Gasteiger partial charge < -0.3 is 4.74 Å². The van der Waals surface area contributed by atoms with Gasteiger partial charge in [0.15, 0.2) is 5.82 Å². The Balaban J connectivity index is 2.03. The molecule has 1 aromatic carbocycles. The Labute approximate surface area is 155 Å². The Hall–Kier alpha value is -2.49. The highest BCUT2D eigenvalue weighted by Gasteiger charge is 2.42. The van der Waals surface area contributed by atoms with Crippen LogP contribution in [0.25, 0.3) is 5.57 Å². The van der Waals surface area contributed by atoms with E-state index in [2.05, 4.69) is 63.3 Å². The van der Waals surface area contributed by atoms with Gasteiger partial charge in [-0.2, -0.15) is 0 Å². The average molecular weight is 350 g/mol. The number of hydrogen-bond acceptors (Lipinski definition) is 4. The van der Waals surface area contributed by atoms with Gasteiger partial charge in [0.25, 0.3) is 0 Å². The number of carbonyl (C=O) groups is 1. The van der Waals surface area contributed by atoms with E-state index in [9.17, 15) is 4.79 Å². The van der Waals surface area contributed by atoms with Crippen LogP contribution < -0.4 is 0 Å². The minimum Gasteiger partial charge on any atom is -0.465 e. The van der Waals surface area contributed by atoms with Gasteiger partial charge in [-0.15, -0.1) is 0 Å². The van der Waals surface area contributed by atoms with Crippen LogP contribution in [-0.2, 0) is 15.6 Å². The summed E-state index contributed by atoms with van der Waals surface area (Å²) in [7, 11) is 1.34. The summed E-state index contributed by atoms with van der Waals surface area (Å²) in [6.45, 7) is 15.5. The number of carbonyl (C=O) groups excluding carboxylic acids is 1. The number of hydrogen-bond donors (Lipinski definition) is 0. The van der Waals surface area contributed by atoms with Gasteiger partial charge in [0.05, 0.1) is 12.7 Å². The normalized spacial score (nSPS) is 16.8. The second-order valence-electron chi connectivity index (χ2n) is 8.42. The Morgan fingerprint density at radius 3 is 2.15 bits per heavy atom. The van der Waals surface area contributed by atoms with E-state index in [1.54, 1.807) is 0 Å². The molecule has 1 aliphatic carbocycles.